The molecule has 1 aliphatic heterocycles. The van der Waals surface area contributed by atoms with Gasteiger partial charge in [-0.1, -0.05) is 6.42 Å². The molecule has 3 heteroatoms. The minimum Gasteiger partial charge on any atom is -0.315 e. The number of nitrogens with zero attached hydrogens (tertiary/aromatic N) is 1. The van der Waals surface area contributed by atoms with Gasteiger partial charge in [0.25, 0.3) is 0 Å². The first-order valence-electron chi connectivity index (χ1n) is 5.74. The zero-order valence-corrected chi connectivity index (χ0v) is 10.4. The van der Waals surface area contributed by atoms with Crippen LogP contribution in [-0.4, -0.2) is 49.6 Å². The molecule has 0 saturated carbocycles. The first kappa shape index (κ1) is 12.3. The van der Waals surface area contributed by atoms with Crippen LogP contribution in [0.15, 0.2) is 0 Å². The first-order valence-corrected chi connectivity index (χ1v) is 7.14. The summed E-state index contributed by atoms with van der Waals surface area (Å²) in [5.41, 5.74) is 0. The standard InChI is InChI=1S/C11H24N2S/c1-13-8-4-3-6-11(13)10-12-7-5-9-14-2/h11-12H,3-10H2,1-2H3. The van der Waals surface area contributed by atoms with Crippen LogP contribution in [0.25, 0.3) is 0 Å². The molecule has 1 rings (SSSR count). The molecule has 1 saturated heterocycles. The van der Waals surface area contributed by atoms with Crippen molar-refractivity contribution in [3.63, 3.8) is 0 Å². The average Bonchev–Trinajstić information content (AvgIpc) is 2.20. The van der Waals surface area contributed by atoms with Crippen molar-refractivity contribution in [1.29, 1.82) is 0 Å². The van der Waals surface area contributed by atoms with E-state index in [0.717, 1.165) is 6.04 Å². The lowest BCUT2D eigenvalue weighted by Gasteiger charge is -2.32. The average molecular weight is 216 g/mol. The summed E-state index contributed by atoms with van der Waals surface area (Å²) in [4.78, 5) is 2.51. The van der Waals surface area contributed by atoms with E-state index in [-0.39, 0.29) is 0 Å². The molecular formula is C11H24N2S. The van der Waals surface area contributed by atoms with Crippen LogP contribution >= 0.6 is 11.8 Å². The SMILES string of the molecule is CSCCCNCC1CCCCN1C. The number of likely N-dealkylation sites (N-methyl/N-ethyl adjacent to an activating group) is 1. The molecule has 0 radical (unpaired) electrons. The minimum atomic E-state index is 0.790. The van der Waals surface area contributed by atoms with E-state index in [0.29, 0.717) is 0 Å². The highest BCUT2D eigenvalue weighted by atomic mass is 32.2. The molecule has 1 fully saturated rings. The molecule has 0 amide bonds. The van der Waals surface area contributed by atoms with Gasteiger partial charge in [-0.25, -0.2) is 0 Å². The monoisotopic (exact) mass is 216 g/mol. The van der Waals surface area contributed by atoms with Gasteiger partial charge in [0.05, 0.1) is 0 Å². The lowest BCUT2D eigenvalue weighted by Crippen LogP contribution is -2.43. The quantitative estimate of drug-likeness (QED) is 0.682. The molecule has 1 N–H and O–H groups in total. The maximum atomic E-state index is 3.57. The van der Waals surface area contributed by atoms with E-state index < -0.39 is 0 Å². The molecule has 84 valence electrons. The largest absolute Gasteiger partial charge is 0.315 e. The topological polar surface area (TPSA) is 15.3 Å². The Kier molecular flexibility index (Phi) is 6.65. The van der Waals surface area contributed by atoms with Crippen LogP contribution in [0.4, 0.5) is 0 Å². The van der Waals surface area contributed by atoms with E-state index >= 15 is 0 Å². The predicted molar refractivity (Wildman–Crippen MR) is 66.1 cm³/mol. The van der Waals surface area contributed by atoms with E-state index in [1.54, 1.807) is 0 Å². The molecule has 0 aliphatic carbocycles. The summed E-state index contributed by atoms with van der Waals surface area (Å²) in [7, 11) is 2.26. The summed E-state index contributed by atoms with van der Waals surface area (Å²) in [6, 6.07) is 0.790. The Hall–Kier alpha value is 0.270. The Balaban J connectivity index is 1.99. The molecule has 1 unspecified atom stereocenters. The van der Waals surface area contributed by atoms with Crippen LogP contribution in [0.5, 0.6) is 0 Å². The van der Waals surface area contributed by atoms with E-state index in [1.165, 1.54) is 51.1 Å². The molecule has 0 spiro atoms. The van der Waals surface area contributed by atoms with Crippen molar-refractivity contribution in [2.24, 2.45) is 0 Å². The van der Waals surface area contributed by atoms with Crippen LogP contribution < -0.4 is 5.32 Å². The summed E-state index contributed by atoms with van der Waals surface area (Å²) in [5.74, 6) is 1.29. The molecule has 14 heavy (non-hydrogen) atoms. The van der Waals surface area contributed by atoms with Gasteiger partial charge in [-0.15, -0.1) is 0 Å². The molecule has 1 atom stereocenters. The third-order valence-corrected chi connectivity index (χ3v) is 3.70. The third-order valence-electron chi connectivity index (χ3n) is 3.00. The van der Waals surface area contributed by atoms with E-state index in [1.807, 2.05) is 11.8 Å². The fourth-order valence-corrected chi connectivity index (χ4v) is 2.45. The van der Waals surface area contributed by atoms with Gasteiger partial charge in [0.1, 0.15) is 0 Å². The second-order valence-electron chi connectivity index (χ2n) is 4.18. The fourth-order valence-electron chi connectivity index (χ4n) is 2.01. The summed E-state index contributed by atoms with van der Waals surface area (Å²) < 4.78 is 0. The molecule has 2 nitrogen and oxygen atoms in total. The van der Waals surface area contributed by atoms with E-state index in [4.69, 9.17) is 0 Å². The van der Waals surface area contributed by atoms with Crippen molar-refractivity contribution >= 4 is 11.8 Å². The molecular weight excluding hydrogens is 192 g/mol. The molecule has 0 aromatic carbocycles. The smallest absolute Gasteiger partial charge is 0.0217 e. The number of rotatable bonds is 6. The Morgan fingerprint density at radius 1 is 1.43 bits per heavy atom. The van der Waals surface area contributed by atoms with Crippen LogP contribution in [0.1, 0.15) is 25.7 Å². The van der Waals surface area contributed by atoms with Crippen molar-refractivity contribution in [1.82, 2.24) is 10.2 Å². The van der Waals surface area contributed by atoms with Crippen LogP contribution in [-0.2, 0) is 0 Å². The van der Waals surface area contributed by atoms with Gasteiger partial charge < -0.3 is 10.2 Å². The van der Waals surface area contributed by atoms with Crippen molar-refractivity contribution < 1.29 is 0 Å². The van der Waals surface area contributed by atoms with Gasteiger partial charge in [0.2, 0.25) is 0 Å². The molecule has 1 aliphatic rings. The lowest BCUT2D eigenvalue weighted by atomic mass is 10.0. The summed E-state index contributed by atoms with van der Waals surface area (Å²) in [6.07, 6.45) is 7.67. The fraction of sp³-hybridized carbons (Fsp3) is 1.00. The molecule has 1 heterocycles. The molecule has 0 aromatic rings. The zero-order chi connectivity index (χ0) is 10.2. The van der Waals surface area contributed by atoms with Crippen molar-refractivity contribution in [3.05, 3.63) is 0 Å². The number of thioether (sulfide) groups is 1. The number of nitrogens with one attached hydrogen (secondary N) is 1. The van der Waals surface area contributed by atoms with Gasteiger partial charge in [0, 0.05) is 12.6 Å². The Morgan fingerprint density at radius 3 is 3.00 bits per heavy atom. The number of likely N-dealkylation sites (tertiary alicyclic amines) is 1. The van der Waals surface area contributed by atoms with Crippen molar-refractivity contribution in [2.45, 2.75) is 31.7 Å². The number of hydrogen-bond donors (Lipinski definition) is 1. The maximum absolute atomic E-state index is 3.57. The summed E-state index contributed by atoms with van der Waals surface area (Å²) >= 11 is 1.94. The van der Waals surface area contributed by atoms with Crippen LogP contribution in [0.2, 0.25) is 0 Å². The highest BCUT2D eigenvalue weighted by Gasteiger charge is 2.17. The van der Waals surface area contributed by atoms with E-state index in [9.17, 15) is 0 Å². The lowest BCUT2D eigenvalue weighted by molar-refractivity contribution is 0.182. The predicted octanol–water partition coefficient (Wildman–Crippen LogP) is 1.81. The third kappa shape index (κ3) is 4.67. The highest BCUT2D eigenvalue weighted by molar-refractivity contribution is 7.98. The molecule has 0 bridgehead atoms. The number of piperidine rings is 1. The van der Waals surface area contributed by atoms with Gasteiger partial charge >= 0.3 is 0 Å². The normalized spacial score (nSPS) is 24.0. The van der Waals surface area contributed by atoms with Gasteiger partial charge in [-0.05, 0) is 51.4 Å². The highest BCUT2D eigenvalue weighted by Crippen LogP contribution is 2.13. The first-order chi connectivity index (χ1) is 6.84. The molecule has 0 aromatic heterocycles. The van der Waals surface area contributed by atoms with Gasteiger partial charge in [-0.2, -0.15) is 11.8 Å². The van der Waals surface area contributed by atoms with Crippen LogP contribution in [0, 0.1) is 0 Å². The summed E-state index contributed by atoms with van der Waals surface area (Å²) in [5, 5.41) is 3.57. The van der Waals surface area contributed by atoms with Crippen molar-refractivity contribution in [3.8, 4) is 0 Å². The Bertz CT molecular complexity index is 141. The Labute approximate surface area is 92.8 Å². The van der Waals surface area contributed by atoms with Gasteiger partial charge in [0.15, 0.2) is 0 Å². The van der Waals surface area contributed by atoms with Crippen molar-refractivity contribution in [2.75, 3.05) is 38.7 Å². The second-order valence-corrected chi connectivity index (χ2v) is 5.17. The van der Waals surface area contributed by atoms with Crippen LogP contribution in [0.3, 0.4) is 0 Å². The summed E-state index contributed by atoms with van der Waals surface area (Å²) in [6.45, 7) is 3.66. The van der Waals surface area contributed by atoms with E-state index in [2.05, 4.69) is 23.5 Å². The Morgan fingerprint density at radius 2 is 2.29 bits per heavy atom. The van der Waals surface area contributed by atoms with Gasteiger partial charge in [-0.3, -0.25) is 0 Å². The maximum Gasteiger partial charge on any atom is 0.0217 e. The second kappa shape index (κ2) is 7.55. The zero-order valence-electron chi connectivity index (χ0n) is 9.59. The number of hydrogen-bond acceptors (Lipinski definition) is 3. The minimum absolute atomic E-state index is 0.790.